The molecule has 90 valence electrons. The second-order valence-electron chi connectivity index (χ2n) is 5.01. The van der Waals surface area contributed by atoms with E-state index in [0.717, 1.165) is 0 Å². The molecule has 0 aliphatic heterocycles. The minimum atomic E-state index is -0.774. The first-order valence-electron chi connectivity index (χ1n) is 5.38. The summed E-state index contributed by atoms with van der Waals surface area (Å²) in [5.74, 6) is -1.13. The van der Waals surface area contributed by atoms with Gasteiger partial charge in [-0.3, -0.25) is 9.59 Å². The molecule has 0 bridgehead atoms. The molecule has 4 heteroatoms. The van der Waals surface area contributed by atoms with Crippen molar-refractivity contribution in [2.75, 3.05) is 0 Å². The molecule has 1 saturated carbocycles. The second-order valence-corrected chi connectivity index (χ2v) is 6.59. The molecule has 0 amide bonds. The SMILES string of the molecule is CC(C)SC(=O)/C=C/C1C(C(=O)O)C1(C)C. The standard InChI is InChI=1S/C12H18O3S/c1-7(2)16-9(13)6-5-8-10(11(14)15)12(8,3)4/h5-8,10H,1-4H3,(H,14,15)/b6-5+. The van der Waals surface area contributed by atoms with Crippen molar-refractivity contribution >= 4 is 22.8 Å². The summed E-state index contributed by atoms with van der Waals surface area (Å²) in [5.41, 5.74) is -0.217. The highest BCUT2D eigenvalue weighted by Crippen LogP contribution is 2.59. The molecule has 16 heavy (non-hydrogen) atoms. The third kappa shape index (κ3) is 2.88. The van der Waals surface area contributed by atoms with Crippen molar-refractivity contribution in [3.05, 3.63) is 12.2 Å². The summed E-state index contributed by atoms with van der Waals surface area (Å²) in [7, 11) is 0. The number of carboxylic acids is 1. The number of carbonyl (C=O) groups is 2. The maximum absolute atomic E-state index is 11.4. The van der Waals surface area contributed by atoms with Gasteiger partial charge in [0.05, 0.1) is 5.92 Å². The zero-order valence-corrected chi connectivity index (χ0v) is 10.9. The largest absolute Gasteiger partial charge is 0.481 e. The molecule has 0 spiro atoms. The molecule has 1 fully saturated rings. The van der Waals surface area contributed by atoms with Gasteiger partial charge in [-0.25, -0.2) is 0 Å². The van der Waals surface area contributed by atoms with E-state index < -0.39 is 5.97 Å². The molecular weight excluding hydrogens is 224 g/mol. The molecule has 0 aromatic rings. The minimum Gasteiger partial charge on any atom is -0.481 e. The number of aliphatic carboxylic acids is 1. The van der Waals surface area contributed by atoms with Crippen LogP contribution in [-0.2, 0) is 9.59 Å². The Labute approximate surface area is 100 Å². The lowest BCUT2D eigenvalue weighted by Crippen LogP contribution is -2.03. The summed E-state index contributed by atoms with van der Waals surface area (Å²) in [6, 6.07) is 0. The maximum Gasteiger partial charge on any atom is 0.307 e. The number of hydrogen-bond donors (Lipinski definition) is 1. The number of thioether (sulfide) groups is 1. The van der Waals surface area contributed by atoms with Gasteiger partial charge < -0.3 is 5.11 Å². The van der Waals surface area contributed by atoms with Crippen molar-refractivity contribution in [1.82, 2.24) is 0 Å². The Kier molecular flexibility index (Phi) is 3.84. The maximum atomic E-state index is 11.4. The summed E-state index contributed by atoms with van der Waals surface area (Å²) in [6.07, 6.45) is 3.26. The van der Waals surface area contributed by atoms with Gasteiger partial charge in [0.2, 0.25) is 5.12 Å². The number of carboxylic acid groups (broad SMARTS) is 1. The molecule has 0 radical (unpaired) electrons. The Balaban J connectivity index is 2.54. The van der Waals surface area contributed by atoms with Crippen molar-refractivity contribution < 1.29 is 14.7 Å². The quantitative estimate of drug-likeness (QED) is 0.770. The van der Waals surface area contributed by atoms with Crippen LogP contribution in [0.15, 0.2) is 12.2 Å². The zero-order chi connectivity index (χ0) is 12.5. The predicted octanol–water partition coefficient (Wildman–Crippen LogP) is 2.57. The van der Waals surface area contributed by atoms with Gasteiger partial charge in [-0.1, -0.05) is 45.5 Å². The molecule has 0 aromatic carbocycles. The normalized spacial score (nSPS) is 27.3. The molecule has 2 unspecified atom stereocenters. The first kappa shape index (κ1) is 13.3. The predicted molar refractivity (Wildman–Crippen MR) is 65.3 cm³/mol. The van der Waals surface area contributed by atoms with Crippen LogP contribution in [0.25, 0.3) is 0 Å². The van der Waals surface area contributed by atoms with Gasteiger partial charge in [-0.05, 0) is 17.4 Å². The molecule has 1 aliphatic carbocycles. The van der Waals surface area contributed by atoms with E-state index in [1.165, 1.54) is 17.8 Å². The van der Waals surface area contributed by atoms with Crippen molar-refractivity contribution in [1.29, 1.82) is 0 Å². The monoisotopic (exact) mass is 242 g/mol. The highest BCUT2D eigenvalue weighted by atomic mass is 32.2. The van der Waals surface area contributed by atoms with Crippen LogP contribution < -0.4 is 0 Å². The van der Waals surface area contributed by atoms with Crippen LogP contribution in [-0.4, -0.2) is 21.4 Å². The fraction of sp³-hybridized carbons (Fsp3) is 0.667. The van der Waals surface area contributed by atoms with Crippen molar-refractivity contribution in [3.8, 4) is 0 Å². The van der Waals surface area contributed by atoms with E-state index in [1.807, 2.05) is 27.7 Å². The van der Waals surface area contributed by atoms with Gasteiger partial charge in [0.1, 0.15) is 0 Å². The molecule has 0 heterocycles. The fourth-order valence-corrected chi connectivity index (χ4v) is 2.58. The summed E-state index contributed by atoms with van der Waals surface area (Å²) in [6.45, 7) is 7.75. The molecule has 1 rings (SSSR count). The Morgan fingerprint density at radius 2 is 1.94 bits per heavy atom. The Bertz CT molecular complexity index is 331. The third-order valence-electron chi connectivity index (χ3n) is 2.97. The van der Waals surface area contributed by atoms with Crippen LogP contribution in [0.1, 0.15) is 27.7 Å². The Morgan fingerprint density at radius 3 is 2.31 bits per heavy atom. The van der Waals surface area contributed by atoms with Gasteiger partial charge in [0.15, 0.2) is 0 Å². The minimum absolute atomic E-state index is 0.00170. The van der Waals surface area contributed by atoms with Crippen molar-refractivity contribution in [2.24, 2.45) is 17.3 Å². The molecule has 3 nitrogen and oxygen atoms in total. The molecule has 0 aromatic heterocycles. The zero-order valence-electron chi connectivity index (χ0n) is 10.1. The molecule has 1 aliphatic rings. The van der Waals surface area contributed by atoms with Crippen molar-refractivity contribution in [2.45, 2.75) is 32.9 Å². The molecule has 0 saturated heterocycles. The van der Waals surface area contributed by atoms with Gasteiger partial charge >= 0.3 is 5.97 Å². The van der Waals surface area contributed by atoms with Crippen LogP contribution in [0, 0.1) is 17.3 Å². The van der Waals surface area contributed by atoms with E-state index in [1.54, 1.807) is 6.08 Å². The lowest BCUT2D eigenvalue weighted by Gasteiger charge is -1.98. The van der Waals surface area contributed by atoms with Crippen LogP contribution >= 0.6 is 11.8 Å². The Hall–Kier alpha value is -0.770. The van der Waals surface area contributed by atoms with E-state index in [2.05, 4.69) is 0 Å². The Morgan fingerprint density at radius 1 is 1.38 bits per heavy atom. The van der Waals surface area contributed by atoms with E-state index in [0.29, 0.717) is 0 Å². The van der Waals surface area contributed by atoms with Crippen LogP contribution in [0.4, 0.5) is 0 Å². The van der Waals surface area contributed by atoms with E-state index in [9.17, 15) is 9.59 Å². The highest BCUT2D eigenvalue weighted by Gasteiger charge is 2.60. The summed E-state index contributed by atoms with van der Waals surface area (Å²) < 4.78 is 0. The smallest absolute Gasteiger partial charge is 0.307 e. The first-order chi connectivity index (χ1) is 7.26. The van der Waals surface area contributed by atoms with Gasteiger partial charge in [0, 0.05) is 5.25 Å². The lowest BCUT2D eigenvalue weighted by molar-refractivity contribution is -0.139. The number of rotatable bonds is 4. The van der Waals surface area contributed by atoms with Gasteiger partial charge in [-0.15, -0.1) is 0 Å². The van der Waals surface area contributed by atoms with Crippen LogP contribution in [0.5, 0.6) is 0 Å². The summed E-state index contributed by atoms with van der Waals surface area (Å²) in [4.78, 5) is 22.3. The molecule has 2 atom stereocenters. The van der Waals surface area contributed by atoms with E-state index in [4.69, 9.17) is 5.11 Å². The van der Waals surface area contributed by atoms with E-state index >= 15 is 0 Å². The average molecular weight is 242 g/mol. The highest BCUT2D eigenvalue weighted by molar-refractivity contribution is 8.14. The average Bonchev–Trinajstić information content (AvgIpc) is 2.63. The van der Waals surface area contributed by atoms with Gasteiger partial charge in [-0.2, -0.15) is 0 Å². The van der Waals surface area contributed by atoms with Crippen molar-refractivity contribution in [3.63, 3.8) is 0 Å². The lowest BCUT2D eigenvalue weighted by atomic mass is 10.1. The number of allylic oxidation sites excluding steroid dienone is 1. The van der Waals surface area contributed by atoms with Crippen LogP contribution in [0.3, 0.4) is 0 Å². The summed E-state index contributed by atoms with van der Waals surface area (Å²) in [5, 5.41) is 9.21. The molecular formula is C12H18O3S. The van der Waals surface area contributed by atoms with E-state index in [-0.39, 0.29) is 27.6 Å². The van der Waals surface area contributed by atoms with Gasteiger partial charge in [0.25, 0.3) is 0 Å². The number of carbonyl (C=O) groups excluding carboxylic acids is 1. The fourth-order valence-electron chi connectivity index (χ4n) is 1.96. The molecule has 1 N–H and O–H groups in total. The number of hydrogen-bond acceptors (Lipinski definition) is 3. The summed E-state index contributed by atoms with van der Waals surface area (Å²) >= 11 is 1.26. The first-order valence-corrected chi connectivity index (χ1v) is 6.26. The second kappa shape index (κ2) is 4.62. The topological polar surface area (TPSA) is 54.4 Å². The third-order valence-corrected chi connectivity index (χ3v) is 3.81. The van der Waals surface area contributed by atoms with Crippen LogP contribution in [0.2, 0.25) is 0 Å².